The molecule has 1 saturated carbocycles. The fraction of sp³-hybridized carbons (Fsp3) is 0.429. The van der Waals surface area contributed by atoms with Crippen molar-refractivity contribution in [2.45, 2.75) is 45.1 Å². The van der Waals surface area contributed by atoms with E-state index in [4.69, 9.17) is 4.74 Å². The van der Waals surface area contributed by atoms with Gasteiger partial charge in [0.1, 0.15) is 5.82 Å². The SMILES string of the molecule is Cc1cc(C(=O)NC(C)c2ccnc(NC(=O)C3CC3)c2)cnc1OCC(F)(F)C(F)F. The number of carbonyl (C=O) groups excluding carboxylic acids is 2. The van der Waals surface area contributed by atoms with Crippen molar-refractivity contribution in [1.82, 2.24) is 15.3 Å². The largest absolute Gasteiger partial charge is 0.471 e. The molecule has 1 fully saturated rings. The molecule has 0 spiro atoms. The maximum absolute atomic E-state index is 13.0. The van der Waals surface area contributed by atoms with E-state index < -0.39 is 30.9 Å². The minimum absolute atomic E-state index is 0.0295. The van der Waals surface area contributed by atoms with Gasteiger partial charge in [0.15, 0.2) is 6.61 Å². The summed E-state index contributed by atoms with van der Waals surface area (Å²) in [5.74, 6) is -4.72. The molecule has 1 aliphatic rings. The summed E-state index contributed by atoms with van der Waals surface area (Å²) in [6, 6.07) is 4.28. The number of anilines is 1. The number of pyridine rings is 2. The number of alkyl halides is 4. The average molecular weight is 454 g/mol. The summed E-state index contributed by atoms with van der Waals surface area (Å²) in [6.45, 7) is 1.67. The van der Waals surface area contributed by atoms with Crippen LogP contribution in [0.5, 0.6) is 5.88 Å². The molecule has 0 aromatic carbocycles. The third-order valence-electron chi connectivity index (χ3n) is 4.84. The highest BCUT2D eigenvalue weighted by molar-refractivity contribution is 5.94. The highest BCUT2D eigenvalue weighted by Crippen LogP contribution is 2.30. The molecule has 2 aromatic heterocycles. The topological polar surface area (TPSA) is 93.2 Å². The van der Waals surface area contributed by atoms with Gasteiger partial charge in [-0.1, -0.05) is 0 Å². The fourth-order valence-corrected chi connectivity index (χ4v) is 2.79. The molecule has 1 atom stereocenters. The monoisotopic (exact) mass is 454 g/mol. The van der Waals surface area contributed by atoms with E-state index in [2.05, 4.69) is 20.6 Å². The Morgan fingerprint density at radius 2 is 1.97 bits per heavy atom. The van der Waals surface area contributed by atoms with Gasteiger partial charge in [-0.3, -0.25) is 9.59 Å². The van der Waals surface area contributed by atoms with E-state index in [0.717, 1.165) is 19.0 Å². The second-order valence-electron chi connectivity index (χ2n) is 7.63. The predicted octanol–water partition coefficient (Wildman–Crippen LogP) is 3.90. The highest BCUT2D eigenvalue weighted by atomic mass is 19.3. The molecule has 2 N–H and O–H groups in total. The zero-order valence-electron chi connectivity index (χ0n) is 17.4. The van der Waals surface area contributed by atoms with E-state index >= 15 is 0 Å². The number of ether oxygens (including phenoxy) is 1. The zero-order valence-corrected chi connectivity index (χ0v) is 17.4. The summed E-state index contributed by atoms with van der Waals surface area (Å²) in [5.41, 5.74) is 1.08. The third kappa shape index (κ3) is 5.92. The number of hydrogen-bond acceptors (Lipinski definition) is 5. The molecule has 2 heterocycles. The van der Waals surface area contributed by atoms with Crippen molar-refractivity contribution in [3.8, 4) is 5.88 Å². The maximum atomic E-state index is 13.0. The number of nitrogens with one attached hydrogen (secondary N) is 2. The average Bonchev–Trinajstić information content (AvgIpc) is 3.58. The van der Waals surface area contributed by atoms with Gasteiger partial charge in [0.2, 0.25) is 11.8 Å². The van der Waals surface area contributed by atoms with Crippen LogP contribution in [0.2, 0.25) is 0 Å². The van der Waals surface area contributed by atoms with Crippen LogP contribution in [-0.2, 0) is 4.79 Å². The van der Waals surface area contributed by atoms with Crippen LogP contribution in [-0.4, -0.2) is 40.7 Å². The second kappa shape index (κ2) is 9.49. The zero-order chi connectivity index (χ0) is 23.5. The third-order valence-corrected chi connectivity index (χ3v) is 4.84. The van der Waals surface area contributed by atoms with Crippen LogP contribution >= 0.6 is 0 Å². The van der Waals surface area contributed by atoms with Gasteiger partial charge >= 0.3 is 12.3 Å². The van der Waals surface area contributed by atoms with E-state index in [-0.39, 0.29) is 28.8 Å². The van der Waals surface area contributed by atoms with Gasteiger partial charge in [-0.25, -0.2) is 18.7 Å². The molecule has 2 aromatic rings. The van der Waals surface area contributed by atoms with Gasteiger partial charge in [-0.05, 0) is 50.5 Å². The molecule has 11 heteroatoms. The molecule has 1 aliphatic carbocycles. The number of hydrogen-bond donors (Lipinski definition) is 2. The quantitative estimate of drug-likeness (QED) is 0.561. The lowest BCUT2D eigenvalue weighted by Gasteiger charge is -2.17. The number of halogens is 4. The van der Waals surface area contributed by atoms with Gasteiger partial charge < -0.3 is 15.4 Å². The molecule has 2 amide bonds. The predicted molar refractivity (Wildman–Crippen MR) is 107 cm³/mol. The summed E-state index contributed by atoms with van der Waals surface area (Å²) in [4.78, 5) is 32.4. The van der Waals surface area contributed by atoms with Crippen molar-refractivity contribution in [3.05, 3.63) is 47.3 Å². The number of rotatable bonds is 9. The number of carbonyl (C=O) groups is 2. The van der Waals surface area contributed by atoms with Crippen LogP contribution in [0.4, 0.5) is 23.4 Å². The molecule has 3 rings (SSSR count). The number of aryl methyl sites for hydroxylation is 1. The van der Waals surface area contributed by atoms with Gasteiger partial charge in [0, 0.05) is 23.9 Å². The summed E-state index contributed by atoms with van der Waals surface area (Å²) in [5, 5.41) is 5.51. The minimum Gasteiger partial charge on any atom is -0.471 e. The molecule has 32 heavy (non-hydrogen) atoms. The van der Waals surface area contributed by atoms with Gasteiger partial charge in [-0.15, -0.1) is 0 Å². The molecular weight excluding hydrogens is 432 g/mol. The lowest BCUT2D eigenvalue weighted by molar-refractivity contribution is -0.148. The van der Waals surface area contributed by atoms with Crippen molar-refractivity contribution in [2.24, 2.45) is 5.92 Å². The van der Waals surface area contributed by atoms with Crippen LogP contribution in [0, 0.1) is 12.8 Å². The van der Waals surface area contributed by atoms with E-state index in [1.165, 1.54) is 19.2 Å². The summed E-state index contributed by atoms with van der Waals surface area (Å²) in [7, 11) is 0. The Morgan fingerprint density at radius 3 is 2.59 bits per heavy atom. The van der Waals surface area contributed by atoms with Crippen molar-refractivity contribution >= 4 is 17.6 Å². The molecule has 7 nitrogen and oxygen atoms in total. The lowest BCUT2D eigenvalue weighted by atomic mass is 10.1. The van der Waals surface area contributed by atoms with E-state index in [1.807, 2.05) is 0 Å². The van der Waals surface area contributed by atoms with Crippen LogP contribution in [0.3, 0.4) is 0 Å². The Balaban J connectivity index is 1.61. The molecular formula is C21H22F4N4O3. The standard InChI is InChI=1S/C21H22F4N4O3/c1-11-7-15(9-27-19(11)32-10-21(24,25)20(22)23)18(31)28-12(2)14-5-6-26-16(8-14)29-17(30)13-3-4-13/h5-9,12-13,20H,3-4,10H2,1-2H3,(H,28,31)(H,26,29,30). The van der Waals surface area contributed by atoms with E-state index in [1.54, 1.807) is 19.1 Å². The minimum atomic E-state index is -4.30. The van der Waals surface area contributed by atoms with Crippen LogP contribution in [0.15, 0.2) is 30.6 Å². The van der Waals surface area contributed by atoms with Gasteiger partial charge in [0.25, 0.3) is 5.91 Å². The van der Waals surface area contributed by atoms with Gasteiger partial charge in [0.05, 0.1) is 11.6 Å². The summed E-state index contributed by atoms with van der Waals surface area (Å²) < 4.78 is 55.2. The van der Waals surface area contributed by atoms with Crippen molar-refractivity contribution in [1.29, 1.82) is 0 Å². The normalized spacial score (nSPS) is 14.7. The molecule has 1 unspecified atom stereocenters. The van der Waals surface area contributed by atoms with Crippen molar-refractivity contribution in [3.63, 3.8) is 0 Å². The smallest absolute Gasteiger partial charge is 0.340 e. The first-order chi connectivity index (χ1) is 15.1. The Morgan fingerprint density at radius 1 is 1.25 bits per heavy atom. The second-order valence-corrected chi connectivity index (χ2v) is 7.63. The Kier molecular flexibility index (Phi) is 6.95. The maximum Gasteiger partial charge on any atom is 0.340 e. The summed E-state index contributed by atoms with van der Waals surface area (Å²) in [6.07, 6.45) is 0.505. The van der Waals surface area contributed by atoms with Crippen molar-refractivity contribution in [2.75, 3.05) is 11.9 Å². The molecule has 0 radical (unpaired) electrons. The molecule has 0 saturated heterocycles. The van der Waals surface area contributed by atoms with E-state index in [0.29, 0.717) is 11.4 Å². The Hall–Kier alpha value is -3.24. The highest BCUT2D eigenvalue weighted by Gasteiger charge is 2.42. The first-order valence-electron chi connectivity index (χ1n) is 9.90. The van der Waals surface area contributed by atoms with Crippen LogP contribution in [0.1, 0.15) is 47.3 Å². The molecule has 0 aliphatic heterocycles. The van der Waals surface area contributed by atoms with E-state index in [9.17, 15) is 27.2 Å². The van der Waals surface area contributed by atoms with Gasteiger partial charge in [-0.2, -0.15) is 8.78 Å². The first kappa shape index (κ1) is 23.4. The fourth-order valence-electron chi connectivity index (χ4n) is 2.79. The van der Waals surface area contributed by atoms with Crippen LogP contribution in [0.25, 0.3) is 0 Å². The summed E-state index contributed by atoms with van der Waals surface area (Å²) >= 11 is 0. The number of aromatic nitrogens is 2. The first-order valence-corrected chi connectivity index (χ1v) is 9.90. The molecule has 172 valence electrons. The van der Waals surface area contributed by atoms with Crippen molar-refractivity contribution < 1.29 is 31.9 Å². The number of nitrogens with zero attached hydrogens (tertiary/aromatic N) is 2. The Labute approximate surface area is 181 Å². The Bertz CT molecular complexity index is 999. The molecule has 0 bridgehead atoms. The number of amides is 2. The lowest BCUT2D eigenvalue weighted by Crippen LogP contribution is -2.34. The van der Waals surface area contributed by atoms with Crippen LogP contribution < -0.4 is 15.4 Å².